The van der Waals surface area contributed by atoms with Crippen molar-refractivity contribution in [1.82, 2.24) is 14.9 Å². The predicted molar refractivity (Wildman–Crippen MR) is 72.8 cm³/mol. The van der Waals surface area contributed by atoms with E-state index in [-0.39, 0.29) is 11.5 Å². The first kappa shape index (κ1) is 15.2. The summed E-state index contributed by atoms with van der Waals surface area (Å²) in [5.41, 5.74) is 0.469. The lowest BCUT2D eigenvalue weighted by Gasteiger charge is -2.14. The summed E-state index contributed by atoms with van der Waals surface area (Å²) in [6, 6.07) is 3.42. The van der Waals surface area contributed by atoms with Crippen LogP contribution in [0.4, 0.5) is 0 Å². The van der Waals surface area contributed by atoms with Crippen molar-refractivity contribution in [2.75, 3.05) is 19.3 Å². The maximum absolute atomic E-state index is 11.7. The topological polar surface area (TPSA) is 89.9 Å². The molecule has 0 saturated heterocycles. The van der Waals surface area contributed by atoms with Gasteiger partial charge in [-0.3, -0.25) is 9.59 Å². The van der Waals surface area contributed by atoms with Gasteiger partial charge in [0.2, 0.25) is 5.91 Å². The molecule has 102 valence electrons. The second-order valence-electron chi connectivity index (χ2n) is 4.01. The Balaban J connectivity index is 2.39. The SMILES string of the molecule is Cc1cc(=O)[nH]c(SCCC(=O)N(C)CCC#N)n1. The number of carbonyl (C=O) groups is 1. The molecule has 0 atom stereocenters. The smallest absolute Gasteiger partial charge is 0.251 e. The molecule has 0 aromatic carbocycles. The molecule has 1 amide bonds. The van der Waals surface area contributed by atoms with Crippen LogP contribution < -0.4 is 5.56 Å². The highest BCUT2D eigenvalue weighted by Crippen LogP contribution is 2.12. The van der Waals surface area contributed by atoms with Gasteiger partial charge in [-0.2, -0.15) is 5.26 Å². The van der Waals surface area contributed by atoms with E-state index >= 15 is 0 Å². The Morgan fingerprint density at radius 3 is 3.00 bits per heavy atom. The van der Waals surface area contributed by atoms with E-state index in [2.05, 4.69) is 9.97 Å². The average Bonchev–Trinajstić information content (AvgIpc) is 2.34. The first-order chi connectivity index (χ1) is 9.02. The third kappa shape index (κ3) is 5.57. The van der Waals surface area contributed by atoms with Crippen molar-refractivity contribution in [2.45, 2.75) is 24.9 Å². The lowest BCUT2D eigenvalue weighted by atomic mass is 10.3. The first-order valence-electron chi connectivity index (χ1n) is 5.84. The molecule has 1 N–H and O–H groups in total. The number of nitriles is 1. The fourth-order valence-corrected chi connectivity index (χ4v) is 2.24. The number of nitrogens with one attached hydrogen (secondary N) is 1. The lowest BCUT2D eigenvalue weighted by Crippen LogP contribution is -2.27. The summed E-state index contributed by atoms with van der Waals surface area (Å²) in [5.74, 6) is 0.528. The van der Waals surface area contributed by atoms with Crippen molar-refractivity contribution in [2.24, 2.45) is 0 Å². The Morgan fingerprint density at radius 1 is 1.63 bits per heavy atom. The second-order valence-corrected chi connectivity index (χ2v) is 5.10. The van der Waals surface area contributed by atoms with E-state index in [1.54, 1.807) is 14.0 Å². The number of carbonyl (C=O) groups excluding carboxylic acids is 1. The highest BCUT2D eigenvalue weighted by atomic mass is 32.2. The third-order valence-electron chi connectivity index (χ3n) is 2.39. The molecule has 0 fully saturated rings. The molecule has 0 aliphatic carbocycles. The summed E-state index contributed by atoms with van der Waals surface area (Å²) < 4.78 is 0. The van der Waals surface area contributed by atoms with Crippen molar-refractivity contribution in [3.05, 3.63) is 22.1 Å². The van der Waals surface area contributed by atoms with Crippen LogP contribution in [0.2, 0.25) is 0 Å². The van der Waals surface area contributed by atoms with Gasteiger partial charge in [0.25, 0.3) is 5.56 Å². The monoisotopic (exact) mass is 280 g/mol. The van der Waals surface area contributed by atoms with Gasteiger partial charge in [0.15, 0.2) is 5.16 Å². The number of aromatic nitrogens is 2. The summed E-state index contributed by atoms with van der Waals surface area (Å²) in [4.78, 5) is 31.2. The van der Waals surface area contributed by atoms with Crippen LogP contribution in [0.5, 0.6) is 0 Å². The average molecular weight is 280 g/mol. The molecule has 0 aliphatic heterocycles. The fraction of sp³-hybridized carbons (Fsp3) is 0.500. The van der Waals surface area contributed by atoms with E-state index in [1.807, 2.05) is 6.07 Å². The maximum Gasteiger partial charge on any atom is 0.251 e. The zero-order valence-corrected chi connectivity index (χ0v) is 11.8. The van der Waals surface area contributed by atoms with Gasteiger partial charge in [-0.15, -0.1) is 0 Å². The molecule has 19 heavy (non-hydrogen) atoms. The van der Waals surface area contributed by atoms with Gasteiger partial charge in [0.05, 0.1) is 12.5 Å². The minimum atomic E-state index is -0.188. The van der Waals surface area contributed by atoms with Gasteiger partial charge in [-0.25, -0.2) is 4.98 Å². The molecule has 6 nitrogen and oxygen atoms in total. The van der Waals surface area contributed by atoms with E-state index in [0.717, 1.165) is 0 Å². The van der Waals surface area contributed by atoms with Gasteiger partial charge in [0, 0.05) is 37.5 Å². The van der Waals surface area contributed by atoms with E-state index < -0.39 is 0 Å². The summed E-state index contributed by atoms with van der Waals surface area (Å²) in [7, 11) is 1.68. The van der Waals surface area contributed by atoms with Crippen LogP contribution >= 0.6 is 11.8 Å². The van der Waals surface area contributed by atoms with E-state index in [1.165, 1.54) is 22.7 Å². The molecule has 1 aromatic heterocycles. The van der Waals surface area contributed by atoms with Crippen molar-refractivity contribution < 1.29 is 4.79 Å². The summed E-state index contributed by atoms with van der Waals surface area (Å²) in [5, 5.41) is 8.97. The zero-order valence-electron chi connectivity index (χ0n) is 11.0. The van der Waals surface area contributed by atoms with E-state index in [0.29, 0.717) is 36.0 Å². The van der Waals surface area contributed by atoms with Crippen molar-refractivity contribution in [1.29, 1.82) is 5.26 Å². The predicted octanol–water partition coefficient (Wildman–Crippen LogP) is 0.933. The molecule has 1 aromatic rings. The minimum Gasteiger partial charge on any atom is -0.345 e. The number of hydrogen-bond donors (Lipinski definition) is 1. The molecule has 1 heterocycles. The molecule has 0 aliphatic rings. The largest absolute Gasteiger partial charge is 0.345 e. The number of H-pyrrole nitrogens is 1. The van der Waals surface area contributed by atoms with Crippen molar-refractivity contribution >= 4 is 17.7 Å². The van der Waals surface area contributed by atoms with Crippen molar-refractivity contribution in [3.8, 4) is 6.07 Å². The highest BCUT2D eigenvalue weighted by Gasteiger charge is 2.08. The normalized spacial score (nSPS) is 9.95. The standard InChI is InChI=1S/C12H16N4O2S/c1-9-8-10(17)15-12(14-9)19-7-4-11(18)16(2)6-3-5-13/h8H,3-4,6-7H2,1-2H3,(H,14,15,17). The number of aryl methyl sites for hydroxylation is 1. The number of amides is 1. The number of rotatable bonds is 6. The Hall–Kier alpha value is -1.81. The summed E-state index contributed by atoms with van der Waals surface area (Å²) in [6.07, 6.45) is 0.687. The molecular weight excluding hydrogens is 264 g/mol. The zero-order chi connectivity index (χ0) is 14.3. The molecule has 7 heteroatoms. The Kier molecular flexibility index (Phi) is 6.09. The molecule has 0 saturated carbocycles. The molecule has 0 radical (unpaired) electrons. The maximum atomic E-state index is 11.7. The third-order valence-corrected chi connectivity index (χ3v) is 3.26. The van der Waals surface area contributed by atoms with Crippen LogP contribution in [0.3, 0.4) is 0 Å². The van der Waals surface area contributed by atoms with Gasteiger partial charge in [0.1, 0.15) is 0 Å². The van der Waals surface area contributed by atoms with Crippen LogP contribution in [0.25, 0.3) is 0 Å². The Bertz CT molecular complexity index is 535. The van der Waals surface area contributed by atoms with Gasteiger partial charge in [-0.1, -0.05) is 11.8 Å². The Morgan fingerprint density at radius 2 is 2.37 bits per heavy atom. The fourth-order valence-electron chi connectivity index (χ4n) is 1.39. The van der Waals surface area contributed by atoms with E-state index in [4.69, 9.17) is 5.26 Å². The number of thioether (sulfide) groups is 1. The highest BCUT2D eigenvalue weighted by molar-refractivity contribution is 7.99. The number of hydrogen-bond acceptors (Lipinski definition) is 5. The molecule has 1 rings (SSSR count). The Labute approximate surface area is 115 Å². The van der Waals surface area contributed by atoms with E-state index in [9.17, 15) is 9.59 Å². The van der Waals surface area contributed by atoms with Crippen LogP contribution in [-0.4, -0.2) is 40.1 Å². The summed E-state index contributed by atoms with van der Waals surface area (Å²) >= 11 is 1.34. The first-order valence-corrected chi connectivity index (χ1v) is 6.83. The van der Waals surface area contributed by atoms with Crippen LogP contribution in [0, 0.1) is 18.3 Å². The molecular formula is C12H16N4O2S. The van der Waals surface area contributed by atoms with Gasteiger partial charge >= 0.3 is 0 Å². The quantitative estimate of drug-likeness (QED) is 0.618. The second kappa shape index (κ2) is 7.59. The lowest BCUT2D eigenvalue weighted by molar-refractivity contribution is -0.129. The minimum absolute atomic E-state index is 0.0160. The molecule has 0 spiro atoms. The molecule has 0 unspecified atom stereocenters. The van der Waals surface area contributed by atoms with Gasteiger partial charge in [-0.05, 0) is 6.92 Å². The summed E-state index contributed by atoms with van der Waals surface area (Å²) in [6.45, 7) is 2.19. The van der Waals surface area contributed by atoms with Crippen LogP contribution in [0.15, 0.2) is 16.0 Å². The van der Waals surface area contributed by atoms with Crippen LogP contribution in [-0.2, 0) is 4.79 Å². The number of nitrogens with zero attached hydrogens (tertiary/aromatic N) is 3. The molecule has 0 bridgehead atoms. The van der Waals surface area contributed by atoms with Crippen molar-refractivity contribution in [3.63, 3.8) is 0 Å². The number of aromatic amines is 1. The van der Waals surface area contributed by atoms with Gasteiger partial charge < -0.3 is 9.88 Å². The van der Waals surface area contributed by atoms with Crippen LogP contribution in [0.1, 0.15) is 18.5 Å².